The van der Waals surface area contributed by atoms with Gasteiger partial charge in [-0.1, -0.05) is 53.0 Å². The standard InChI is InChI=1S/C21H18Cl2N2O3S/c1-12-5-4-6-13(7-12)11-28-18-16(22)9-14(10-17(18)23)8-15-19(26)24(2)21(29)25(3)20(15)27/h4-10H,11H2,1-3H3. The Labute approximate surface area is 184 Å². The molecule has 150 valence electrons. The van der Waals surface area contributed by atoms with E-state index in [9.17, 15) is 9.59 Å². The molecule has 0 radical (unpaired) electrons. The first-order chi connectivity index (χ1) is 13.7. The van der Waals surface area contributed by atoms with Crippen molar-refractivity contribution in [3.63, 3.8) is 0 Å². The Balaban J connectivity index is 1.87. The Kier molecular flexibility index (Phi) is 6.27. The van der Waals surface area contributed by atoms with Crippen LogP contribution in [0.3, 0.4) is 0 Å². The number of amides is 2. The van der Waals surface area contributed by atoms with Crippen molar-refractivity contribution in [1.82, 2.24) is 9.80 Å². The summed E-state index contributed by atoms with van der Waals surface area (Å²) in [6.45, 7) is 2.31. The van der Waals surface area contributed by atoms with Crippen LogP contribution in [0.5, 0.6) is 5.75 Å². The van der Waals surface area contributed by atoms with Crippen molar-refractivity contribution >= 4 is 58.4 Å². The van der Waals surface area contributed by atoms with Gasteiger partial charge in [-0.2, -0.15) is 0 Å². The third-order valence-electron chi connectivity index (χ3n) is 4.44. The average Bonchev–Trinajstić information content (AvgIpc) is 2.67. The van der Waals surface area contributed by atoms with E-state index in [-0.39, 0.29) is 20.7 Å². The highest BCUT2D eigenvalue weighted by atomic mass is 35.5. The first kappa shape index (κ1) is 21.3. The number of benzene rings is 2. The van der Waals surface area contributed by atoms with Crippen molar-refractivity contribution in [2.45, 2.75) is 13.5 Å². The van der Waals surface area contributed by atoms with E-state index in [1.54, 1.807) is 12.1 Å². The molecule has 0 saturated carbocycles. The van der Waals surface area contributed by atoms with Crippen molar-refractivity contribution in [2.75, 3.05) is 14.1 Å². The van der Waals surface area contributed by atoms with Crippen molar-refractivity contribution in [3.05, 3.63) is 68.7 Å². The van der Waals surface area contributed by atoms with Crippen LogP contribution in [0.15, 0.2) is 42.0 Å². The van der Waals surface area contributed by atoms with E-state index in [0.29, 0.717) is 17.9 Å². The van der Waals surface area contributed by atoms with Gasteiger partial charge < -0.3 is 4.74 Å². The number of carbonyl (C=O) groups excluding carboxylic acids is 2. The van der Waals surface area contributed by atoms with E-state index in [1.807, 2.05) is 31.2 Å². The smallest absolute Gasteiger partial charge is 0.265 e. The van der Waals surface area contributed by atoms with Gasteiger partial charge in [0.15, 0.2) is 10.9 Å². The maximum atomic E-state index is 12.5. The Hall–Kier alpha value is -2.41. The number of hydrogen-bond acceptors (Lipinski definition) is 4. The van der Waals surface area contributed by atoms with Crippen LogP contribution in [-0.4, -0.2) is 40.8 Å². The molecule has 0 aliphatic carbocycles. The minimum absolute atomic E-state index is 0.0239. The zero-order chi connectivity index (χ0) is 21.3. The lowest BCUT2D eigenvalue weighted by molar-refractivity contribution is -0.132. The monoisotopic (exact) mass is 448 g/mol. The Morgan fingerprint density at radius 2 is 1.62 bits per heavy atom. The van der Waals surface area contributed by atoms with Crippen molar-refractivity contribution in [3.8, 4) is 5.75 Å². The van der Waals surface area contributed by atoms with Gasteiger partial charge in [0.05, 0.1) is 10.0 Å². The fraction of sp³-hybridized carbons (Fsp3) is 0.190. The third kappa shape index (κ3) is 4.45. The van der Waals surface area contributed by atoms with E-state index >= 15 is 0 Å². The van der Waals surface area contributed by atoms with Crippen molar-refractivity contribution < 1.29 is 14.3 Å². The lowest BCUT2D eigenvalue weighted by atomic mass is 10.1. The summed E-state index contributed by atoms with van der Waals surface area (Å²) < 4.78 is 5.79. The minimum Gasteiger partial charge on any atom is -0.486 e. The Morgan fingerprint density at radius 3 is 2.17 bits per heavy atom. The molecule has 1 aliphatic rings. The minimum atomic E-state index is -0.481. The zero-order valence-electron chi connectivity index (χ0n) is 16.0. The molecule has 0 atom stereocenters. The third-order valence-corrected chi connectivity index (χ3v) is 5.55. The van der Waals surface area contributed by atoms with Crippen LogP contribution in [0, 0.1) is 6.92 Å². The van der Waals surface area contributed by atoms with Crippen LogP contribution in [0.2, 0.25) is 10.0 Å². The Morgan fingerprint density at radius 1 is 1.03 bits per heavy atom. The lowest BCUT2D eigenvalue weighted by Crippen LogP contribution is -2.52. The van der Waals surface area contributed by atoms with Crippen molar-refractivity contribution in [2.24, 2.45) is 0 Å². The average molecular weight is 449 g/mol. The molecular formula is C21H18Cl2N2O3S. The van der Waals surface area contributed by atoms with Gasteiger partial charge in [0, 0.05) is 14.1 Å². The number of aryl methyl sites for hydroxylation is 1. The molecule has 29 heavy (non-hydrogen) atoms. The lowest BCUT2D eigenvalue weighted by Gasteiger charge is -2.31. The second-order valence-corrected chi connectivity index (χ2v) is 7.84. The van der Waals surface area contributed by atoms with Crippen LogP contribution in [0.4, 0.5) is 0 Å². The largest absolute Gasteiger partial charge is 0.486 e. The van der Waals surface area contributed by atoms with E-state index in [4.69, 9.17) is 40.2 Å². The fourth-order valence-electron chi connectivity index (χ4n) is 2.90. The molecule has 0 spiro atoms. The summed E-state index contributed by atoms with van der Waals surface area (Å²) >= 11 is 17.8. The predicted molar refractivity (Wildman–Crippen MR) is 118 cm³/mol. The molecule has 1 fully saturated rings. The number of halogens is 2. The van der Waals surface area contributed by atoms with E-state index in [1.165, 1.54) is 30.0 Å². The van der Waals surface area contributed by atoms with Gasteiger partial charge in [-0.25, -0.2) is 0 Å². The topological polar surface area (TPSA) is 49.9 Å². The molecule has 1 saturated heterocycles. The maximum absolute atomic E-state index is 12.5. The van der Waals surface area contributed by atoms with Gasteiger partial charge in [0.1, 0.15) is 12.2 Å². The fourth-order valence-corrected chi connectivity index (χ4v) is 3.68. The van der Waals surface area contributed by atoms with Gasteiger partial charge in [-0.3, -0.25) is 19.4 Å². The molecule has 2 aromatic carbocycles. The molecule has 8 heteroatoms. The number of likely N-dealkylation sites (N-methyl/N-ethyl adjacent to an activating group) is 2. The molecule has 0 aromatic heterocycles. The van der Waals surface area contributed by atoms with E-state index in [0.717, 1.165) is 11.1 Å². The second-order valence-electron chi connectivity index (χ2n) is 6.66. The zero-order valence-corrected chi connectivity index (χ0v) is 18.4. The molecule has 1 heterocycles. The molecule has 1 aliphatic heterocycles. The molecule has 0 unspecified atom stereocenters. The van der Waals surface area contributed by atoms with Crippen LogP contribution < -0.4 is 4.74 Å². The molecule has 0 N–H and O–H groups in total. The number of hydrogen-bond donors (Lipinski definition) is 0. The number of rotatable bonds is 4. The summed E-state index contributed by atoms with van der Waals surface area (Å²) in [4.78, 5) is 27.4. The normalized spacial score (nSPS) is 14.5. The quantitative estimate of drug-likeness (QED) is 0.393. The summed E-state index contributed by atoms with van der Waals surface area (Å²) in [6.07, 6.45) is 1.45. The van der Waals surface area contributed by atoms with Crippen LogP contribution in [-0.2, 0) is 16.2 Å². The number of ether oxygens (including phenoxy) is 1. The van der Waals surface area contributed by atoms with Gasteiger partial charge >= 0.3 is 0 Å². The summed E-state index contributed by atoms with van der Waals surface area (Å²) in [5, 5.41) is 0.711. The SMILES string of the molecule is Cc1cccc(COc2c(Cl)cc(C=C3C(=O)N(C)C(=S)N(C)C3=O)cc2Cl)c1. The van der Waals surface area contributed by atoms with Crippen molar-refractivity contribution in [1.29, 1.82) is 0 Å². The molecule has 2 aromatic rings. The molecule has 3 rings (SSSR count). The molecule has 0 bridgehead atoms. The highest BCUT2D eigenvalue weighted by Gasteiger charge is 2.35. The summed E-state index contributed by atoms with van der Waals surface area (Å²) in [6, 6.07) is 11.1. The maximum Gasteiger partial charge on any atom is 0.265 e. The van der Waals surface area contributed by atoms with Gasteiger partial charge in [-0.15, -0.1) is 0 Å². The van der Waals surface area contributed by atoms with Gasteiger partial charge in [-0.05, 0) is 48.5 Å². The van der Waals surface area contributed by atoms with E-state index < -0.39 is 11.8 Å². The number of nitrogens with zero attached hydrogens (tertiary/aromatic N) is 2. The van der Waals surface area contributed by atoms with Crippen LogP contribution in [0.25, 0.3) is 6.08 Å². The molecule has 5 nitrogen and oxygen atoms in total. The van der Waals surface area contributed by atoms with Gasteiger partial charge in [0.25, 0.3) is 11.8 Å². The second kappa shape index (κ2) is 8.53. The van der Waals surface area contributed by atoms with Gasteiger partial charge in [0.2, 0.25) is 0 Å². The molecular weight excluding hydrogens is 431 g/mol. The summed E-state index contributed by atoms with van der Waals surface area (Å²) in [5.41, 5.74) is 2.60. The summed E-state index contributed by atoms with van der Waals surface area (Å²) in [7, 11) is 3.03. The summed E-state index contributed by atoms with van der Waals surface area (Å²) in [5.74, 6) is -0.621. The number of carbonyl (C=O) groups is 2. The molecule has 2 amide bonds. The first-order valence-corrected chi connectivity index (χ1v) is 9.84. The first-order valence-electron chi connectivity index (χ1n) is 8.68. The van der Waals surface area contributed by atoms with Crippen LogP contribution >= 0.6 is 35.4 Å². The van der Waals surface area contributed by atoms with E-state index in [2.05, 4.69) is 0 Å². The highest BCUT2D eigenvalue weighted by Crippen LogP contribution is 2.35. The Bertz CT molecular complexity index is 1000. The highest BCUT2D eigenvalue weighted by molar-refractivity contribution is 7.80. The predicted octanol–water partition coefficient (Wildman–Crippen LogP) is 4.48. The number of thiocarbonyl (C=S) groups is 1. The van der Waals surface area contributed by atoms with Crippen LogP contribution in [0.1, 0.15) is 16.7 Å².